The summed E-state index contributed by atoms with van der Waals surface area (Å²) in [6.07, 6.45) is 3.70. The SMILES string of the molecule is COCCN(CC1CCCN1)c1nc2ccc(F)cn2n1. The van der Waals surface area contributed by atoms with Crippen LogP contribution in [0.25, 0.3) is 5.65 Å². The lowest BCUT2D eigenvalue weighted by atomic mass is 10.2. The van der Waals surface area contributed by atoms with E-state index in [1.807, 2.05) is 0 Å². The molecule has 1 aliphatic rings. The van der Waals surface area contributed by atoms with Crippen LogP contribution in [-0.2, 0) is 4.74 Å². The van der Waals surface area contributed by atoms with E-state index < -0.39 is 0 Å². The van der Waals surface area contributed by atoms with Gasteiger partial charge in [-0.3, -0.25) is 0 Å². The van der Waals surface area contributed by atoms with Gasteiger partial charge in [0.15, 0.2) is 5.65 Å². The third-order valence-electron chi connectivity index (χ3n) is 3.74. The van der Waals surface area contributed by atoms with E-state index in [9.17, 15) is 4.39 Å². The summed E-state index contributed by atoms with van der Waals surface area (Å²) in [5.41, 5.74) is 0.646. The number of ether oxygens (including phenoxy) is 1. The Hall–Kier alpha value is -1.73. The highest BCUT2D eigenvalue weighted by atomic mass is 19.1. The van der Waals surface area contributed by atoms with E-state index in [1.165, 1.54) is 23.2 Å². The van der Waals surface area contributed by atoms with Crippen LogP contribution in [0, 0.1) is 5.82 Å². The minimum Gasteiger partial charge on any atom is -0.383 e. The Morgan fingerprint density at radius 3 is 3.19 bits per heavy atom. The quantitative estimate of drug-likeness (QED) is 0.863. The molecule has 0 bridgehead atoms. The topological polar surface area (TPSA) is 54.7 Å². The molecule has 1 N–H and O–H groups in total. The molecular weight excluding hydrogens is 273 g/mol. The van der Waals surface area contributed by atoms with Gasteiger partial charge in [0.2, 0.25) is 5.95 Å². The first-order valence-corrected chi connectivity index (χ1v) is 7.25. The van der Waals surface area contributed by atoms with E-state index in [0.717, 1.165) is 19.5 Å². The smallest absolute Gasteiger partial charge is 0.245 e. The number of anilines is 1. The number of nitrogens with one attached hydrogen (secondary N) is 1. The third kappa shape index (κ3) is 3.30. The van der Waals surface area contributed by atoms with Crippen LogP contribution in [0.2, 0.25) is 0 Å². The Morgan fingerprint density at radius 2 is 2.43 bits per heavy atom. The molecule has 0 saturated carbocycles. The second kappa shape index (κ2) is 6.36. The molecule has 1 saturated heterocycles. The fourth-order valence-corrected chi connectivity index (χ4v) is 2.63. The molecule has 0 radical (unpaired) electrons. The van der Waals surface area contributed by atoms with Gasteiger partial charge in [-0.05, 0) is 31.5 Å². The average molecular weight is 293 g/mol. The molecule has 0 aromatic carbocycles. The molecule has 0 aliphatic carbocycles. The highest BCUT2D eigenvalue weighted by Crippen LogP contribution is 2.14. The van der Waals surface area contributed by atoms with Crippen molar-refractivity contribution in [1.29, 1.82) is 0 Å². The molecule has 3 rings (SSSR count). The highest BCUT2D eigenvalue weighted by molar-refractivity contribution is 5.44. The molecule has 3 heterocycles. The van der Waals surface area contributed by atoms with Crippen molar-refractivity contribution in [2.45, 2.75) is 18.9 Å². The fraction of sp³-hybridized carbons (Fsp3) is 0.571. The van der Waals surface area contributed by atoms with Crippen molar-refractivity contribution in [2.24, 2.45) is 0 Å². The number of fused-ring (bicyclic) bond motifs is 1. The van der Waals surface area contributed by atoms with Gasteiger partial charge in [-0.1, -0.05) is 0 Å². The van der Waals surface area contributed by atoms with Crippen LogP contribution < -0.4 is 10.2 Å². The largest absolute Gasteiger partial charge is 0.383 e. The van der Waals surface area contributed by atoms with Crippen LogP contribution in [0.3, 0.4) is 0 Å². The molecule has 114 valence electrons. The van der Waals surface area contributed by atoms with Crippen LogP contribution in [-0.4, -0.2) is 54.0 Å². The average Bonchev–Trinajstić information content (AvgIpc) is 3.11. The first-order chi connectivity index (χ1) is 10.3. The second-order valence-corrected chi connectivity index (χ2v) is 5.29. The van der Waals surface area contributed by atoms with Gasteiger partial charge in [0.05, 0.1) is 12.8 Å². The van der Waals surface area contributed by atoms with Gasteiger partial charge >= 0.3 is 0 Å². The highest BCUT2D eigenvalue weighted by Gasteiger charge is 2.20. The lowest BCUT2D eigenvalue weighted by molar-refractivity contribution is 0.204. The van der Waals surface area contributed by atoms with Gasteiger partial charge in [-0.25, -0.2) is 8.91 Å². The summed E-state index contributed by atoms with van der Waals surface area (Å²) in [4.78, 5) is 6.57. The van der Waals surface area contributed by atoms with Crippen molar-refractivity contribution >= 4 is 11.6 Å². The standard InChI is InChI=1S/C14H20FN5O/c1-21-8-7-19(10-12-3-2-6-16-12)14-17-13-5-4-11(15)9-20(13)18-14/h4-5,9,12,16H,2-3,6-8,10H2,1H3. The van der Waals surface area contributed by atoms with Crippen LogP contribution in [0.15, 0.2) is 18.3 Å². The zero-order chi connectivity index (χ0) is 14.7. The zero-order valence-corrected chi connectivity index (χ0v) is 12.1. The van der Waals surface area contributed by atoms with Crippen molar-refractivity contribution < 1.29 is 9.13 Å². The first-order valence-electron chi connectivity index (χ1n) is 7.25. The molecule has 21 heavy (non-hydrogen) atoms. The van der Waals surface area contributed by atoms with Crippen molar-refractivity contribution in [3.63, 3.8) is 0 Å². The van der Waals surface area contributed by atoms with Gasteiger partial charge in [0.1, 0.15) is 5.82 Å². The molecule has 7 heteroatoms. The van der Waals surface area contributed by atoms with E-state index in [0.29, 0.717) is 30.8 Å². The van der Waals surface area contributed by atoms with Gasteiger partial charge in [-0.15, -0.1) is 5.10 Å². The van der Waals surface area contributed by atoms with Crippen LogP contribution in [0.5, 0.6) is 0 Å². The number of nitrogens with zero attached hydrogens (tertiary/aromatic N) is 4. The van der Waals surface area contributed by atoms with Crippen LogP contribution in [0.1, 0.15) is 12.8 Å². The van der Waals surface area contributed by atoms with Gasteiger partial charge in [-0.2, -0.15) is 4.98 Å². The molecule has 1 atom stereocenters. The van der Waals surface area contributed by atoms with Gasteiger partial charge in [0, 0.05) is 26.2 Å². The van der Waals surface area contributed by atoms with E-state index in [4.69, 9.17) is 4.74 Å². The van der Waals surface area contributed by atoms with E-state index in [-0.39, 0.29) is 5.82 Å². The predicted molar refractivity (Wildman–Crippen MR) is 78.1 cm³/mol. The second-order valence-electron chi connectivity index (χ2n) is 5.29. The van der Waals surface area contributed by atoms with Gasteiger partial charge in [0.25, 0.3) is 0 Å². The molecule has 1 fully saturated rings. The number of pyridine rings is 1. The minimum absolute atomic E-state index is 0.320. The molecule has 0 spiro atoms. The maximum Gasteiger partial charge on any atom is 0.245 e. The summed E-state index contributed by atoms with van der Waals surface area (Å²) in [6.45, 7) is 3.22. The Kier molecular flexibility index (Phi) is 4.31. The third-order valence-corrected chi connectivity index (χ3v) is 3.74. The number of rotatable bonds is 6. The molecule has 1 unspecified atom stereocenters. The molecular formula is C14H20FN5O. The predicted octanol–water partition coefficient (Wildman–Crippen LogP) is 1.07. The number of hydrogen-bond donors (Lipinski definition) is 1. The van der Waals surface area contributed by atoms with Crippen molar-refractivity contribution in [2.75, 3.05) is 38.3 Å². The molecule has 2 aromatic heterocycles. The van der Waals surface area contributed by atoms with Crippen molar-refractivity contribution in [1.82, 2.24) is 19.9 Å². The summed E-state index contributed by atoms with van der Waals surface area (Å²) >= 11 is 0. The lowest BCUT2D eigenvalue weighted by Gasteiger charge is -2.24. The monoisotopic (exact) mass is 293 g/mol. The Morgan fingerprint density at radius 1 is 1.52 bits per heavy atom. The minimum atomic E-state index is -0.320. The van der Waals surface area contributed by atoms with Gasteiger partial charge < -0.3 is 15.0 Å². The maximum atomic E-state index is 13.2. The van der Waals surface area contributed by atoms with E-state index in [2.05, 4.69) is 20.3 Å². The Labute approximate surface area is 122 Å². The number of methoxy groups -OCH3 is 1. The normalized spacial score (nSPS) is 18.5. The first kappa shape index (κ1) is 14.2. The number of aromatic nitrogens is 3. The summed E-state index contributed by atoms with van der Waals surface area (Å²) in [7, 11) is 1.68. The molecule has 6 nitrogen and oxygen atoms in total. The maximum absolute atomic E-state index is 13.2. The van der Waals surface area contributed by atoms with Crippen LogP contribution in [0.4, 0.5) is 10.3 Å². The zero-order valence-electron chi connectivity index (χ0n) is 12.1. The Bertz CT molecular complexity index is 596. The van der Waals surface area contributed by atoms with E-state index in [1.54, 1.807) is 13.2 Å². The summed E-state index contributed by atoms with van der Waals surface area (Å²) in [6, 6.07) is 3.48. The van der Waals surface area contributed by atoms with Crippen LogP contribution >= 0.6 is 0 Å². The lowest BCUT2D eigenvalue weighted by Crippen LogP contribution is -2.39. The Balaban J connectivity index is 1.81. The summed E-state index contributed by atoms with van der Waals surface area (Å²) in [5, 5.41) is 7.85. The summed E-state index contributed by atoms with van der Waals surface area (Å²) < 4.78 is 19.9. The van der Waals surface area contributed by atoms with E-state index >= 15 is 0 Å². The van der Waals surface area contributed by atoms with Crippen molar-refractivity contribution in [3.8, 4) is 0 Å². The summed E-state index contributed by atoms with van der Waals surface area (Å²) in [5.74, 6) is 0.297. The number of halogens is 1. The molecule has 1 aliphatic heterocycles. The number of hydrogen-bond acceptors (Lipinski definition) is 5. The molecule has 0 amide bonds. The molecule has 2 aromatic rings. The van der Waals surface area contributed by atoms with Crippen molar-refractivity contribution in [3.05, 3.63) is 24.1 Å². The fourth-order valence-electron chi connectivity index (χ4n) is 2.63.